The summed E-state index contributed by atoms with van der Waals surface area (Å²) < 4.78 is 14.6. The van der Waals surface area contributed by atoms with Gasteiger partial charge in [-0.2, -0.15) is 5.10 Å². The summed E-state index contributed by atoms with van der Waals surface area (Å²) in [4.78, 5) is 30.9. The second-order valence-corrected chi connectivity index (χ2v) is 6.10. The number of hydrogen-bond acceptors (Lipinski definition) is 4. The van der Waals surface area contributed by atoms with Crippen LogP contribution in [-0.4, -0.2) is 25.7 Å². The fraction of sp³-hybridized carbons (Fsp3) is 0.294. The molecule has 0 aliphatic rings. The first-order valence-corrected chi connectivity index (χ1v) is 7.91. The van der Waals surface area contributed by atoms with Gasteiger partial charge in [-0.15, -0.1) is 0 Å². The first-order valence-electron chi connectivity index (χ1n) is 7.91. The summed E-state index contributed by atoms with van der Waals surface area (Å²) in [7, 11) is 0. The van der Waals surface area contributed by atoms with E-state index in [9.17, 15) is 14.0 Å². The van der Waals surface area contributed by atoms with Gasteiger partial charge in [-0.1, -0.05) is 13.8 Å². The van der Waals surface area contributed by atoms with Crippen molar-refractivity contribution in [3.8, 4) is 11.4 Å². The molecule has 7 nitrogen and oxygen atoms in total. The van der Waals surface area contributed by atoms with Gasteiger partial charge in [0.15, 0.2) is 5.52 Å². The second kappa shape index (κ2) is 6.46. The number of primary amides is 1. The van der Waals surface area contributed by atoms with E-state index in [0.717, 1.165) is 0 Å². The van der Waals surface area contributed by atoms with Gasteiger partial charge in [0.05, 0.1) is 12.2 Å². The maximum Gasteiger partial charge on any atom is 0.277 e. The molecule has 0 aliphatic heterocycles. The molecule has 0 radical (unpaired) electrons. The van der Waals surface area contributed by atoms with E-state index in [2.05, 4.69) is 15.1 Å². The molecule has 2 aromatic heterocycles. The molecule has 0 saturated carbocycles. The third-order valence-corrected chi connectivity index (χ3v) is 3.86. The fourth-order valence-corrected chi connectivity index (χ4v) is 2.62. The quantitative estimate of drug-likeness (QED) is 0.738. The number of amides is 1. The van der Waals surface area contributed by atoms with Crippen LogP contribution in [0.15, 0.2) is 29.1 Å². The third-order valence-electron chi connectivity index (χ3n) is 3.86. The van der Waals surface area contributed by atoms with Crippen LogP contribution in [0.4, 0.5) is 4.39 Å². The molecule has 0 bridgehead atoms. The van der Waals surface area contributed by atoms with Gasteiger partial charge in [-0.05, 0) is 30.2 Å². The van der Waals surface area contributed by atoms with E-state index in [0.29, 0.717) is 28.1 Å². The van der Waals surface area contributed by atoms with Crippen molar-refractivity contribution in [2.75, 3.05) is 0 Å². The Labute approximate surface area is 142 Å². The first kappa shape index (κ1) is 16.8. The predicted octanol–water partition coefficient (Wildman–Crippen LogP) is 1.92. The largest absolute Gasteiger partial charge is 0.370 e. The number of nitrogens with two attached hydrogens (primary N) is 1. The number of carbonyl (C=O) groups is 1. The van der Waals surface area contributed by atoms with Gasteiger partial charge in [0.25, 0.3) is 5.56 Å². The fourth-order valence-electron chi connectivity index (χ4n) is 2.62. The standard InChI is InChI=1S/C17H18FN5O2/c1-9(2)13-14-15(23(22-13)8-7-12(19)24)17(25)21-16(20-14)10-3-5-11(18)6-4-10/h3-6,9H,7-8H2,1-2H3,(H2,19,24)(H,20,21,25). The van der Waals surface area contributed by atoms with E-state index in [1.165, 1.54) is 16.8 Å². The maximum atomic E-state index is 13.1. The van der Waals surface area contributed by atoms with Gasteiger partial charge in [0.1, 0.15) is 17.2 Å². The van der Waals surface area contributed by atoms with Crippen LogP contribution in [0.2, 0.25) is 0 Å². The topological polar surface area (TPSA) is 107 Å². The molecule has 130 valence electrons. The van der Waals surface area contributed by atoms with Crippen LogP contribution in [-0.2, 0) is 11.3 Å². The Kier molecular flexibility index (Phi) is 4.35. The molecule has 3 N–H and O–H groups in total. The number of carbonyl (C=O) groups excluding carboxylic acids is 1. The molecule has 2 heterocycles. The summed E-state index contributed by atoms with van der Waals surface area (Å²) in [6, 6.07) is 5.70. The van der Waals surface area contributed by atoms with E-state index in [1.54, 1.807) is 12.1 Å². The second-order valence-electron chi connectivity index (χ2n) is 6.10. The number of fused-ring (bicyclic) bond motifs is 1. The normalized spacial score (nSPS) is 11.4. The number of aromatic nitrogens is 4. The highest BCUT2D eigenvalue weighted by Crippen LogP contribution is 2.23. The summed E-state index contributed by atoms with van der Waals surface area (Å²) in [5, 5.41) is 4.44. The summed E-state index contributed by atoms with van der Waals surface area (Å²) >= 11 is 0. The van der Waals surface area contributed by atoms with E-state index in [4.69, 9.17) is 5.73 Å². The van der Waals surface area contributed by atoms with E-state index in [1.807, 2.05) is 13.8 Å². The Morgan fingerprint density at radius 3 is 2.60 bits per heavy atom. The van der Waals surface area contributed by atoms with Crippen LogP contribution >= 0.6 is 0 Å². The first-order chi connectivity index (χ1) is 11.9. The van der Waals surface area contributed by atoms with Gasteiger partial charge in [-0.3, -0.25) is 14.3 Å². The lowest BCUT2D eigenvalue weighted by Gasteiger charge is -2.04. The van der Waals surface area contributed by atoms with Crippen LogP contribution in [0, 0.1) is 5.82 Å². The van der Waals surface area contributed by atoms with Gasteiger partial charge in [-0.25, -0.2) is 9.37 Å². The van der Waals surface area contributed by atoms with Crippen molar-refractivity contribution in [1.29, 1.82) is 0 Å². The maximum absolute atomic E-state index is 13.1. The molecule has 0 saturated heterocycles. The lowest BCUT2D eigenvalue weighted by Crippen LogP contribution is -2.18. The number of halogens is 1. The monoisotopic (exact) mass is 343 g/mol. The van der Waals surface area contributed by atoms with Crippen LogP contribution in [0.25, 0.3) is 22.4 Å². The zero-order chi connectivity index (χ0) is 18.1. The van der Waals surface area contributed by atoms with Crippen molar-refractivity contribution in [2.24, 2.45) is 5.73 Å². The summed E-state index contributed by atoms with van der Waals surface area (Å²) in [5.74, 6) is -0.460. The van der Waals surface area contributed by atoms with Gasteiger partial charge < -0.3 is 10.7 Å². The highest BCUT2D eigenvalue weighted by atomic mass is 19.1. The van der Waals surface area contributed by atoms with Crippen LogP contribution < -0.4 is 11.3 Å². The Balaban J connectivity index is 2.19. The SMILES string of the molecule is CC(C)c1nn(CCC(N)=O)c2c(=O)[nH]c(-c3ccc(F)cc3)nc12. The minimum Gasteiger partial charge on any atom is -0.370 e. The average molecular weight is 343 g/mol. The van der Waals surface area contributed by atoms with Gasteiger partial charge >= 0.3 is 0 Å². The minimum absolute atomic E-state index is 0.0349. The smallest absolute Gasteiger partial charge is 0.277 e. The van der Waals surface area contributed by atoms with Crippen LogP contribution in [0.3, 0.4) is 0 Å². The van der Waals surface area contributed by atoms with Crippen LogP contribution in [0.5, 0.6) is 0 Å². The Hall–Kier alpha value is -3.03. The number of aromatic amines is 1. The predicted molar refractivity (Wildman–Crippen MR) is 91.4 cm³/mol. The number of nitrogens with one attached hydrogen (secondary N) is 1. The van der Waals surface area contributed by atoms with Crippen molar-refractivity contribution in [1.82, 2.24) is 19.7 Å². The molecule has 0 fully saturated rings. The molecular formula is C17H18FN5O2. The molecule has 25 heavy (non-hydrogen) atoms. The molecular weight excluding hydrogens is 325 g/mol. The van der Waals surface area contributed by atoms with Crippen molar-refractivity contribution in [3.05, 3.63) is 46.1 Å². The molecule has 3 aromatic rings. The van der Waals surface area contributed by atoms with Crippen molar-refractivity contribution in [2.45, 2.75) is 32.7 Å². The molecule has 1 amide bonds. The van der Waals surface area contributed by atoms with E-state index < -0.39 is 5.91 Å². The lowest BCUT2D eigenvalue weighted by atomic mass is 10.1. The average Bonchev–Trinajstić information content (AvgIpc) is 2.93. The molecule has 0 atom stereocenters. The molecule has 0 aliphatic carbocycles. The minimum atomic E-state index is -0.470. The summed E-state index contributed by atoms with van der Waals surface area (Å²) in [6.45, 7) is 4.10. The third kappa shape index (κ3) is 3.28. The molecule has 1 aromatic carbocycles. The molecule has 3 rings (SSSR count). The molecule has 0 unspecified atom stereocenters. The number of nitrogens with zero attached hydrogens (tertiary/aromatic N) is 3. The Morgan fingerprint density at radius 2 is 2.00 bits per heavy atom. The number of rotatable bonds is 5. The van der Waals surface area contributed by atoms with E-state index >= 15 is 0 Å². The summed E-state index contributed by atoms with van der Waals surface area (Å²) in [5.41, 5.74) is 6.86. The van der Waals surface area contributed by atoms with Crippen molar-refractivity contribution in [3.63, 3.8) is 0 Å². The molecule has 0 spiro atoms. The zero-order valence-corrected chi connectivity index (χ0v) is 13.9. The van der Waals surface area contributed by atoms with Gasteiger partial charge in [0, 0.05) is 12.0 Å². The zero-order valence-electron chi connectivity index (χ0n) is 13.9. The lowest BCUT2D eigenvalue weighted by molar-refractivity contribution is -0.118. The van der Waals surface area contributed by atoms with Crippen molar-refractivity contribution < 1.29 is 9.18 Å². The number of benzene rings is 1. The Bertz CT molecular complexity index is 989. The van der Waals surface area contributed by atoms with E-state index in [-0.39, 0.29) is 30.3 Å². The number of aryl methyl sites for hydroxylation is 1. The Morgan fingerprint density at radius 1 is 1.32 bits per heavy atom. The van der Waals surface area contributed by atoms with Crippen LogP contribution in [0.1, 0.15) is 31.9 Å². The van der Waals surface area contributed by atoms with Gasteiger partial charge in [0.2, 0.25) is 5.91 Å². The molecule has 8 heteroatoms. The van der Waals surface area contributed by atoms with Crippen molar-refractivity contribution >= 4 is 16.9 Å². The highest BCUT2D eigenvalue weighted by Gasteiger charge is 2.19. The number of hydrogen-bond donors (Lipinski definition) is 2. The number of H-pyrrole nitrogens is 1. The summed E-state index contributed by atoms with van der Waals surface area (Å²) in [6.07, 6.45) is 0.0769. The highest BCUT2D eigenvalue weighted by molar-refractivity contribution is 5.80.